The van der Waals surface area contributed by atoms with Gasteiger partial charge in [0.2, 0.25) is 6.79 Å². The van der Waals surface area contributed by atoms with Crippen LogP contribution in [-0.2, 0) is 6.54 Å². The lowest BCUT2D eigenvalue weighted by atomic mass is 10.2. The number of amides is 1. The molecule has 9 heteroatoms. The second-order valence-electron chi connectivity index (χ2n) is 6.00. The summed E-state index contributed by atoms with van der Waals surface area (Å²) >= 11 is 0. The minimum Gasteiger partial charge on any atom is -0.454 e. The van der Waals surface area contributed by atoms with E-state index in [1.165, 1.54) is 0 Å². The zero-order valence-corrected chi connectivity index (χ0v) is 14.8. The highest BCUT2D eigenvalue weighted by atomic mass is 16.7. The molecule has 1 aromatic carbocycles. The number of hydrogen-bond acceptors (Lipinski definition) is 8. The molecule has 3 heterocycles. The van der Waals surface area contributed by atoms with E-state index in [1.54, 1.807) is 26.0 Å². The van der Waals surface area contributed by atoms with Crippen LogP contribution in [0.1, 0.15) is 27.6 Å². The van der Waals surface area contributed by atoms with E-state index >= 15 is 0 Å². The van der Waals surface area contributed by atoms with Crippen molar-refractivity contribution in [1.82, 2.24) is 15.1 Å². The van der Waals surface area contributed by atoms with E-state index in [9.17, 15) is 4.79 Å². The summed E-state index contributed by atoms with van der Waals surface area (Å²) in [5.74, 6) is 3.03. The van der Waals surface area contributed by atoms with Gasteiger partial charge in [-0.15, -0.1) is 0 Å². The lowest BCUT2D eigenvalue weighted by Crippen LogP contribution is -2.16. The van der Waals surface area contributed by atoms with Crippen molar-refractivity contribution in [2.24, 2.45) is 0 Å². The first kappa shape index (κ1) is 16.8. The van der Waals surface area contributed by atoms with Gasteiger partial charge in [-0.1, -0.05) is 11.2 Å². The summed E-state index contributed by atoms with van der Waals surface area (Å²) < 4.78 is 15.6. The smallest absolute Gasteiger partial charge is 0.275 e. The Morgan fingerprint density at radius 1 is 1.07 bits per heavy atom. The number of benzene rings is 1. The van der Waals surface area contributed by atoms with Gasteiger partial charge in [-0.25, -0.2) is 9.97 Å². The highest BCUT2D eigenvalue weighted by Gasteiger charge is 2.15. The molecule has 0 aliphatic carbocycles. The Morgan fingerprint density at radius 2 is 1.93 bits per heavy atom. The van der Waals surface area contributed by atoms with E-state index in [1.807, 2.05) is 18.2 Å². The van der Waals surface area contributed by atoms with Crippen LogP contribution in [0.25, 0.3) is 0 Å². The minimum absolute atomic E-state index is 0.233. The molecule has 1 amide bonds. The van der Waals surface area contributed by atoms with Crippen LogP contribution in [0.5, 0.6) is 11.5 Å². The molecule has 2 aromatic heterocycles. The number of fused-ring (bicyclic) bond motifs is 1. The zero-order valence-electron chi connectivity index (χ0n) is 14.8. The van der Waals surface area contributed by atoms with Crippen LogP contribution in [0.2, 0.25) is 0 Å². The summed E-state index contributed by atoms with van der Waals surface area (Å²) in [4.78, 5) is 20.9. The Bertz CT molecular complexity index is 1000. The SMILES string of the molecule is Cc1nc(NCc2ccc3c(c2)OCO3)cc(C(=O)Nc2cc(C)on2)n1. The van der Waals surface area contributed by atoms with Crippen LogP contribution in [0, 0.1) is 13.8 Å². The normalized spacial score (nSPS) is 12.1. The van der Waals surface area contributed by atoms with E-state index in [-0.39, 0.29) is 18.4 Å². The monoisotopic (exact) mass is 367 g/mol. The fraction of sp³-hybridized carbons (Fsp3) is 0.222. The third kappa shape index (κ3) is 3.81. The van der Waals surface area contributed by atoms with Gasteiger partial charge < -0.3 is 24.6 Å². The number of carbonyl (C=O) groups is 1. The second kappa shape index (κ2) is 6.94. The maximum absolute atomic E-state index is 12.4. The van der Waals surface area contributed by atoms with Crippen LogP contribution in [0.15, 0.2) is 34.9 Å². The number of carbonyl (C=O) groups excluding carboxylic acids is 1. The van der Waals surface area contributed by atoms with E-state index in [2.05, 4.69) is 25.8 Å². The molecule has 0 saturated carbocycles. The van der Waals surface area contributed by atoms with Gasteiger partial charge in [-0.05, 0) is 31.5 Å². The van der Waals surface area contributed by atoms with Gasteiger partial charge in [0.15, 0.2) is 17.3 Å². The summed E-state index contributed by atoms with van der Waals surface area (Å²) in [6.45, 7) is 4.22. The number of aromatic nitrogens is 3. The molecule has 0 spiro atoms. The average Bonchev–Trinajstić information content (AvgIpc) is 3.27. The number of hydrogen-bond donors (Lipinski definition) is 2. The minimum atomic E-state index is -0.389. The van der Waals surface area contributed by atoms with Crippen LogP contribution in [0.4, 0.5) is 11.6 Å². The number of ether oxygens (including phenoxy) is 2. The van der Waals surface area contributed by atoms with E-state index < -0.39 is 0 Å². The van der Waals surface area contributed by atoms with Gasteiger partial charge in [0.1, 0.15) is 23.1 Å². The molecular formula is C18H17N5O4. The van der Waals surface area contributed by atoms with Gasteiger partial charge in [0.05, 0.1) is 0 Å². The Labute approximate surface area is 154 Å². The maximum Gasteiger partial charge on any atom is 0.275 e. The van der Waals surface area contributed by atoms with Crippen molar-refractivity contribution in [2.45, 2.75) is 20.4 Å². The second-order valence-corrected chi connectivity index (χ2v) is 6.00. The molecule has 0 fully saturated rings. The predicted molar refractivity (Wildman–Crippen MR) is 95.9 cm³/mol. The van der Waals surface area contributed by atoms with Gasteiger partial charge in [-0.3, -0.25) is 4.79 Å². The molecule has 0 bridgehead atoms. The Morgan fingerprint density at radius 3 is 2.74 bits per heavy atom. The number of anilines is 2. The molecular weight excluding hydrogens is 350 g/mol. The summed E-state index contributed by atoms with van der Waals surface area (Å²) in [6.07, 6.45) is 0. The number of aryl methyl sites for hydroxylation is 2. The van der Waals surface area contributed by atoms with Crippen molar-refractivity contribution in [1.29, 1.82) is 0 Å². The summed E-state index contributed by atoms with van der Waals surface area (Å²) in [7, 11) is 0. The van der Waals surface area contributed by atoms with Crippen molar-refractivity contribution < 1.29 is 18.8 Å². The highest BCUT2D eigenvalue weighted by Crippen LogP contribution is 2.32. The summed E-state index contributed by atoms with van der Waals surface area (Å²) in [5, 5.41) is 9.58. The standard InChI is InChI=1S/C18H17N5O4/c1-10-5-17(23-27-10)22-18(24)13-7-16(21-11(2)20-13)19-8-12-3-4-14-15(6-12)26-9-25-14/h3-7H,8-9H2,1-2H3,(H,19,20,21)(H,22,23,24). The fourth-order valence-corrected chi connectivity index (χ4v) is 2.62. The number of nitrogens with one attached hydrogen (secondary N) is 2. The Balaban J connectivity index is 1.46. The van der Waals surface area contributed by atoms with E-state index in [0.717, 1.165) is 17.1 Å². The molecule has 0 atom stereocenters. The molecule has 1 aliphatic rings. The topological polar surface area (TPSA) is 111 Å². The molecule has 1 aliphatic heterocycles. The maximum atomic E-state index is 12.4. The van der Waals surface area contributed by atoms with Crippen molar-refractivity contribution in [3.05, 3.63) is 53.2 Å². The average molecular weight is 367 g/mol. The third-order valence-electron chi connectivity index (χ3n) is 3.85. The predicted octanol–water partition coefficient (Wildman–Crippen LogP) is 2.67. The quantitative estimate of drug-likeness (QED) is 0.708. The zero-order chi connectivity index (χ0) is 18.8. The van der Waals surface area contributed by atoms with Crippen LogP contribution < -0.4 is 20.1 Å². The molecule has 138 valence electrons. The largest absolute Gasteiger partial charge is 0.454 e. The first-order valence-corrected chi connectivity index (χ1v) is 8.29. The molecule has 0 saturated heterocycles. The third-order valence-corrected chi connectivity index (χ3v) is 3.85. The van der Waals surface area contributed by atoms with Crippen molar-refractivity contribution in [3.63, 3.8) is 0 Å². The molecule has 9 nitrogen and oxygen atoms in total. The molecule has 0 unspecified atom stereocenters. The Hall–Kier alpha value is -3.62. The first-order chi connectivity index (χ1) is 13.1. The molecule has 4 rings (SSSR count). The van der Waals surface area contributed by atoms with Gasteiger partial charge in [-0.2, -0.15) is 0 Å². The Kier molecular flexibility index (Phi) is 4.33. The fourth-order valence-electron chi connectivity index (χ4n) is 2.62. The van der Waals surface area contributed by atoms with Crippen LogP contribution in [0.3, 0.4) is 0 Å². The molecule has 3 aromatic rings. The van der Waals surface area contributed by atoms with Gasteiger partial charge in [0.25, 0.3) is 5.91 Å². The van der Waals surface area contributed by atoms with Crippen molar-refractivity contribution in [3.8, 4) is 11.5 Å². The van der Waals surface area contributed by atoms with E-state index in [4.69, 9.17) is 14.0 Å². The van der Waals surface area contributed by atoms with Crippen molar-refractivity contribution in [2.75, 3.05) is 17.4 Å². The number of rotatable bonds is 5. The first-order valence-electron chi connectivity index (χ1n) is 8.29. The van der Waals surface area contributed by atoms with Gasteiger partial charge in [0, 0.05) is 18.7 Å². The molecule has 2 N–H and O–H groups in total. The summed E-state index contributed by atoms with van der Waals surface area (Å²) in [5.41, 5.74) is 1.23. The lowest BCUT2D eigenvalue weighted by Gasteiger charge is -2.09. The van der Waals surface area contributed by atoms with Crippen LogP contribution >= 0.6 is 0 Å². The highest BCUT2D eigenvalue weighted by molar-refractivity contribution is 6.02. The number of nitrogens with zero attached hydrogens (tertiary/aromatic N) is 3. The molecule has 0 radical (unpaired) electrons. The van der Waals surface area contributed by atoms with E-state index in [0.29, 0.717) is 29.8 Å². The van der Waals surface area contributed by atoms with Crippen molar-refractivity contribution >= 4 is 17.5 Å². The molecule has 27 heavy (non-hydrogen) atoms. The van der Waals surface area contributed by atoms with Gasteiger partial charge >= 0.3 is 0 Å². The van der Waals surface area contributed by atoms with Crippen LogP contribution in [-0.4, -0.2) is 27.8 Å². The summed E-state index contributed by atoms with van der Waals surface area (Å²) in [6, 6.07) is 8.93. The lowest BCUT2D eigenvalue weighted by molar-refractivity contribution is 0.102.